The highest BCUT2D eigenvalue weighted by atomic mass is 16.5. The van der Waals surface area contributed by atoms with Crippen molar-refractivity contribution in [2.75, 3.05) is 34.4 Å². The van der Waals surface area contributed by atoms with E-state index in [-0.39, 0.29) is 18.1 Å². The summed E-state index contributed by atoms with van der Waals surface area (Å²) in [4.78, 5) is 14.3. The number of hydrogen-bond donors (Lipinski definition) is 0. The van der Waals surface area contributed by atoms with Gasteiger partial charge in [-0.2, -0.15) is 0 Å². The number of esters is 1. The number of piperidine rings is 1. The molecule has 5 heteroatoms. The second-order valence-corrected chi connectivity index (χ2v) is 6.53. The molecule has 0 saturated carbocycles. The van der Waals surface area contributed by atoms with E-state index in [4.69, 9.17) is 14.2 Å². The third-order valence-electron chi connectivity index (χ3n) is 4.78. The van der Waals surface area contributed by atoms with E-state index < -0.39 is 0 Å². The van der Waals surface area contributed by atoms with E-state index >= 15 is 0 Å². The van der Waals surface area contributed by atoms with Gasteiger partial charge in [0.1, 0.15) is 5.75 Å². The van der Waals surface area contributed by atoms with Gasteiger partial charge in [-0.05, 0) is 51.1 Å². The van der Waals surface area contributed by atoms with Crippen LogP contribution in [0.1, 0.15) is 37.8 Å². The summed E-state index contributed by atoms with van der Waals surface area (Å²) in [5.74, 6) is 0.971. The van der Waals surface area contributed by atoms with Crippen LogP contribution in [-0.2, 0) is 14.3 Å². The van der Waals surface area contributed by atoms with Crippen LogP contribution in [0.3, 0.4) is 0 Å². The number of benzene rings is 1. The van der Waals surface area contributed by atoms with E-state index in [9.17, 15) is 4.79 Å². The Kier molecular flexibility index (Phi) is 7.06. The molecular formula is C19H29NO4. The molecule has 0 spiro atoms. The zero-order valence-corrected chi connectivity index (χ0v) is 15.2. The molecule has 1 fully saturated rings. The maximum atomic E-state index is 11.9. The van der Waals surface area contributed by atoms with Gasteiger partial charge in [-0.15, -0.1) is 0 Å². The second-order valence-electron chi connectivity index (χ2n) is 6.53. The van der Waals surface area contributed by atoms with Gasteiger partial charge in [0.2, 0.25) is 0 Å². The minimum Gasteiger partial charge on any atom is -0.497 e. The minimum atomic E-state index is -0.189. The first-order valence-corrected chi connectivity index (χ1v) is 8.57. The molecule has 1 aromatic rings. The van der Waals surface area contributed by atoms with Crippen LogP contribution in [0.15, 0.2) is 24.3 Å². The summed E-state index contributed by atoms with van der Waals surface area (Å²) in [6, 6.07) is 8.44. The molecule has 0 aromatic heterocycles. The van der Waals surface area contributed by atoms with E-state index in [0.717, 1.165) is 25.1 Å². The Balaban J connectivity index is 2.01. The van der Waals surface area contributed by atoms with Crippen LogP contribution in [0, 0.1) is 5.92 Å². The Morgan fingerprint density at radius 2 is 2.00 bits per heavy atom. The molecule has 0 aliphatic carbocycles. The molecule has 1 heterocycles. The zero-order valence-electron chi connectivity index (χ0n) is 15.2. The first kappa shape index (κ1) is 18.7. The van der Waals surface area contributed by atoms with Gasteiger partial charge in [0.25, 0.3) is 0 Å². The molecule has 134 valence electrons. The van der Waals surface area contributed by atoms with E-state index in [0.29, 0.717) is 18.9 Å². The molecule has 0 bridgehead atoms. The molecule has 1 aliphatic rings. The van der Waals surface area contributed by atoms with Crippen molar-refractivity contribution in [1.29, 1.82) is 0 Å². The van der Waals surface area contributed by atoms with Gasteiger partial charge >= 0.3 is 5.97 Å². The highest BCUT2D eigenvalue weighted by Crippen LogP contribution is 2.35. The first-order valence-electron chi connectivity index (χ1n) is 8.57. The lowest BCUT2D eigenvalue weighted by Crippen LogP contribution is -2.38. The van der Waals surface area contributed by atoms with Crippen molar-refractivity contribution in [3.63, 3.8) is 0 Å². The number of nitrogens with zero attached hydrogens (tertiary/aromatic N) is 1. The third-order valence-corrected chi connectivity index (χ3v) is 4.78. The number of rotatable bonds is 7. The lowest BCUT2D eigenvalue weighted by atomic mass is 9.85. The maximum absolute atomic E-state index is 11.9. The number of carbonyl (C=O) groups excluding carboxylic acids is 1. The second kappa shape index (κ2) is 9.04. The van der Waals surface area contributed by atoms with Crippen molar-refractivity contribution >= 4 is 5.97 Å². The van der Waals surface area contributed by atoms with E-state index in [1.54, 1.807) is 14.2 Å². The van der Waals surface area contributed by atoms with Crippen molar-refractivity contribution in [3.05, 3.63) is 29.8 Å². The Bertz CT molecular complexity index is 517. The third kappa shape index (κ3) is 4.95. The molecule has 0 radical (unpaired) electrons. The summed E-state index contributed by atoms with van der Waals surface area (Å²) < 4.78 is 15.9. The normalized spacial score (nSPS) is 22.8. The van der Waals surface area contributed by atoms with Crippen LogP contribution < -0.4 is 4.74 Å². The SMILES string of the molecule is COc1ccc([C@@H]2[C@@H](COC(=O)C[C@H](C)OC)CCCN2C)cc1. The monoisotopic (exact) mass is 335 g/mol. The number of likely N-dealkylation sites (tertiary alicyclic amines) is 1. The van der Waals surface area contributed by atoms with Crippen LogP contribution in [0.5, 0.6) is 5.75 Å². The van der Waals surface area contributed by atoms with Crippen molar-refractivity contribution in [2.24, 2.45) is 5.92 Å². The number of methoxy groups -OCH3 is 2. The maximum Gasteiger partial charge on any atom is 0.308 e. The van der Waals surface area contributed by atoms with Crippen LogP contribution >= 0.6 is 0 Å². The van der Waals surface area contributed by atoms with Crippen molar-refractivity contribution < 1.29 is 19.0 Å². The van der Waals surface area contributed by atoms with Crippen LogP contribution in [0.2, 0.25) is 0 Å². The number of carbonyl (C=O) groups is 1. The topological polar surface area (TPSA) is 48.0 Å². The molecule has 5 nitrogen and oxygen atoms in total. The largest absolute Gasteiger partial charge is 0.497 e. The Morgan fingerprint density at radius 1 is 1.29 bits per heavy atom. The lowest BCUT2D eigenvalue weighted by molar-refractivity contribution is -0.148. The quantitative estimate of drug-likeness (QED) is 0.717. The predicted octanol–water partition coefficient (Wildman–Crippen LogP) is 3.05. The Labute approximate surface area is 144 Å². The molecule has 3 atom stereocenters. The molecule has 0 N–H and O–H groups in total. The summed E-state index contributed by atoms with van der Waals surface area (Å²) >= 11 is 0. The fourth-order valence-corrected chi connectivity index (χ4v) is 3.34. The van der Waals surface area contributed by atoms with Crippen LogP contribution in [0.25, 0.3) is 0 Å². The molecule has 24 heavy (non-hydrogen) atoms. The average molecular weight is 335 g/mol. The van der Waals surface area contributed by atoms with Gasteiger partial charge in [-0.25, -0.2) is 0 Å². The fraction of sp³-hybridized carbons (Fsp3) is 0.632. The molecule has 1 aromatic carbocycles. The van der Waals surface area contributed by atoms with Gasteiger partial charge in [0.15, 0.2) is 0 Å². The average Bonchev–Trinajstić information content (AvgIpc) is 2.60. The highest BCUT2D eigenvalue weighted by Gasteiger charge is 2.31. The van der Waals surface area contributed by atoms with E-state index in [1.165, 1.54) is 5.56 Å². The van der Waals surface area contributed by atoms with Gasteiger partial charge in [-0.1, -0.05) is 12.1 Å². The standard InChI is InChI=1S/C19H29NO4/c1-14(22-3)12-18(21)24-13-16-6-5-11-20(2)19(16)15-7-9-17(23-4)10-8-15/h7-10,14,16,19H,5-6,11-13H2,1-4H3/t14-,16+,19+/m0/s1. The van der Waals surface area contributed by atoms with Crippen molar-refractivity contribution in [2.45, 2.75) is 38.3 Å². The van der Waals surface area contributed by atoms with Crippen LogP contribution in [-0.4, -0.2) is 51.4 Å². The van der Waals surface area contributed by atoms with Crippen molar-refractivity contribution in [3.8, 4) is 5.75 Å². The molecule has 1 aliphatic heterocycles. The summed E-state index contributed by atoms with van der Waals surface area (Å²) in [5, 5.41) is 0. The molecule has 0 unspecified atom stereocenters. The Morgan fingerprint density at radius 3 is 2.62 bits per heavy atom. The zero-order chi connectivity index (χ0) is 17.5. The van der Waals surface area contributed by atoms with E-state index in [1.807, 2.05) is 19.1 Å². The Hall–Kier alpha value is -1.59. The molecule has 2 rings (SSSR count). The van der Waals surface area contributed by atoms with Gasteiger partial charge in [0.05, 0.1) is 26.2 Å². The summed E-state index contributed by atoms with van der Waals surface area (Å²) in [6.07, 6.45) is 2.38. The van der Waals surface area contributed by atoms with Gasteiger partial charge in [0, 0.05) is 19.1 Å². The summed E-state index contributed by atoms with van der Waals surface area (Å²) in [5.41, 5.74) is 1.24. The minimum absolute atomic E-state index is 0.107. The van der Waals surface area contributed by atoms with Crippen molar-refractivity contribution in [1.82, 2.24) is 4.90 Å². The first-order chi connectivity index (χ1) is 11.5. The molecule has 1 saturated heterocycles. The fourth-order valence-electron chi connectivity index (χ4n) is 3.34. The van der Waals surface area contributed by atoms with E-state index in [2.05, 4.69) is 24.1 Å². The summed E-state index contributed by atoms with van der Waals surface area (Å²) in [6.45, 7) is 3.38. The lowest BCUT2D eigenvalue weighted by Gasteiger charge is -2.39. The number of hydrogen-bond acceptors (Lipinski definition) is 5. The molecule has 0 amide bonds. The number of ether oxygens (including phenoxy) is 3. The smallest absolute Gasteiger partial charge is 0.308 e. The van der Waals surface area contributed by atoms with Gasteiger partial charge in [-0.3, -0.25) is 9.69 Å². The van der Waals surface area contributed by atoms with Crippen LogP contribution in [0.4, 0.5) is 0 Å². The predicted molar refractivity (Wildman–Crippen MR) is 93.1 cm³/mol. The van der Waals surface area contributed by atoms with Gasteiger partial charge < -0.3 is 14.2 Å². The highest BCUT2D eigenvalue weighted by molar-refractivity contribution is 5.69. The summed E-state index contributed by atoms with van der Waals surface area (Å²) in [7, 11) is 5.41. The molecular weight excluding hydrogens is 306 g/mol.